The molecule has 0 aliphatic carbocycles. The zero-order chi connectivity index (χ0) is 8.43. The molecule has 0 bridgehead atoms. The van der Waals surface area contributed by atoms with Crippen LogP contribution < -0.4 is 5.56 Å². The van der Waals surface area contributed by atoms with E-state index in [4.69, 9.17) is 5.21 Å². The summed E-state index contributed by atoms with van der Waals surface area (Å²) in [6.07, 6.45) is 1.39. The van der Waals surface area contributed by atoms with Gasteiger partial charge in [-0.2, -0.15) is 0 Å². The van der Waals surface area contributed by atoms with E-state index >= 15 is 0 Å². The molecule has 1 aromatic rings. The fraction of sp³-hybridized carbons (Fsp3) is 0.429. The van der Waals surface area contributed by atoms with E-state index in [9.17, 15) is 4.79 Å². The monoisotopic (exact) mass is 154 g/mol. The normalized spacial score (nSPS) is 10.5. The highest BCUT2D eigenvalue weighted by Gasteiger charge is 2.06. The molecule has 0 aliphatic rings. The van der Waals surface area contributed by atoms with Crippen LogP contribution in [0.3, 0.4) is 0 Å². The van der Waals surface area contributed by atoms with Crippen molar-refractivity contribution in [3.8, 4) is 0 Å². The lowest BCUT2D eigenvalue weighted by Crippen LogP contribution is -2.22. The van der Waals surface area contributed by atoms with Crippen LogP contribution in [0.2, 0.25) is 0 Å². The van der Waals surface area contributed by atoms with Crippen molar-refractivity contribution in [3.63, 3.8) is 0 Å². The molecule has 0 atom stereocenters. The summed E-state index contributed by atoms with van der Waals surface area (Å²) in [7, 11) is 0. The number of rotatable bonds is 1. The summed E-state index contributed by atoms with van der Waals surface area (Å²) in [5.74, 6) is 0.436. The highest BCUT2D eigenvalue weighted by molar-refractivity contribution is 4.95. The second-order valence-corrected chi connectivity index (χ2v) is 2.61. The highest BCUT2D eigenvalue weighted by Crippen LogP contribution is 2.06. The fourth-order valence-electron chi connectivity index (χ4n) is 0.809. The number of hydrogen-bond acceptors (Lipinski definition) is 3. The van der Waals surface area contributed by atoms with Crippen molar-refractivity contribution >= 4 is 0 Å². The Morgan fingerprint density at radius 3 is 2.73 bits per heavy atom. The molecule has 1 heterocycles. The molecule has 11 heavy (non-hydrogen) atoms. The summed E-state index contributed by atoms with van der Waals surface area (Å²) in [6, 6.07) is 1.21. The zero-order valence-electron chi connectivity index (χ0n) is 6.48. The summed E-state index contributed by atoms with van der Waals surface area (Å²) < 4.78 is 0.574. The van der Waals surface area contributed by atoms with Gasteiger partial charge in [-0.1, -0.05) is 13.8 Å². The predicted molar refractivity (Wildman–Crippen MR) is 39.8 cm³/mol. The molecule has 0 amide bonds. The van der Waals surface area contributed by atoms with Crippen LogP contribution in [0.4, 0.5) is 0 Å². The average molecular weight is 154 g/mol. The second-order valence-electron chi connectivity index (χ2n) is 2.61. The molecule has 0 spiro atoms. The van der Waals surface area contributed by atoms with Crippen molar-refractivity contribution in [1.29, 1.82) is 0 Å². The zero-order valence-corrected chi connectivity index (χ0v) is 6.48. The molecule has 60 valence electrons. The van der Waals surface area contributed by atoms with Crippen molar-refractivity contribution in [2.75, 3.05) is 0 Å². The van der Waals surface area contributed by atoms with Gasteiger partial charge < -0.3 is 5.21 Å². The van der Waals surface area contributed by atoms with Gasteiger partial charge in [0.25, 0.3) is 5.56 Å². The van der Waals surface area contributed by atoms with E-state index in [2.05, 4.69) is 4.98 Å². The number of nitrogens with zero attached hydrogens (tertiary/aromatic N) is 2. The minimum Gasteiger partial charge on any atom is -0.424 e. The van der Waals surface area contributed by atoms with E-state index in [0.29, 0.717) is 10.6 Å². The fourth-order valence-corrected chi connectivity index (χ4v) is 0.809. The maximum atomic E-state index is 10.8. The molecule has 0 saturated carbocycles. The lowest BCUT2D eigenvalue weighted by molar-refractivity contribution is 0.157. The Labute approximate surface area is 64.1 Å². The van der Waals surface area contributed by atoms with E-state index in [1.807, 2.05) is 13.8 Å². The van der Waals surface area contributed by atoms with Gasteiger partial charge in [0, 0.05) is 18.2 Å². The predicted octanol–water partition coefficient (Wildman–Crippen LogP) is 0.604. The van der Waals surface area contributed by atoms with Crippen LogP contribution in [0.5, 0.6) is 0 Å². The maximum absolute atomic E-state index is 10.8. The number of aromatic nitrogens is 2. The Balaban J connectivity index is 3.28. The van der Waals surface area contributed by atoms with Crippen LogP contribution in [-0.4, -0.2) is 14.9 Å². The summed E-state index contributed by atoms with van der Waals surface area (Å²) in [6.45, 7) is 3.71. The Morgan fingerprint density at radius 1 is 1.64 bits per heavy atom. The average Bonchev–Trinajstić information content (AvgIpc) is 1.94. The third-order valence-corrected chi connectivity index (χ3v) is 1.37. The summed E-state index contributed by atoms with van der Waals surface area (Å²) in [5.41, 5.74) is -0.441. The van der Waals surface area contributed by atoms with Crippen LogP contribution in [0.1, 0.15) is 25.6 Å². The van der Waals surface area contributed by atoms with Crippen molar-refractivity contribution in [3.05, 3.63) is 28.4 Å². The van der Waals surface area contributed by atoms with Crippen molar-refractivity contribution < 1.29 is 5.21 Å². The first-order valence-electron chi connectivity index (χ1n) is 3.40. The van der Waals surface area contributed by atoms with Gasteiger partial charge >= 0.3 is 0 Å². The Kier molecular flexibility index (Phi) is 1.94. The van der Waals surface area contributed by atoms with E-state index in [-0.39, 0.29) is 5.92 Å². The van der Waals surface area contributed by atoms with Gasteiger partial charge in [0.2, 0.25) is 0 Å². The molecule has 4 heteroatoms. The molecule has 0 aromatic carbocycles. The molecule has 1 rings (SSSR count). The van der Waals surface area contributed by atoms with Crippen LogP contribution in [-0.2, 0) is 0 Å². The lowest BCUT2D eigenvalue weighted by Gasteiger charge is -2.06. The molecule has 1 N–H and O–H groups in total. The number of hydrogen-bond donors (Lipinski definition) is 1. The van der Waals surface area contributed by atoms with E-state index in [1.54, 1.807) is 0 Å². The third kappa shape index (κ3) is 1.39. The first-order chi connectivity index (χ1) is 5.13. The standard InChI is InChI=1S/C7H10N2O2/c1-5(2)7-8-4-3-6(10)9(7)11/h3-5,11H,1-2H3. The molecule has 0 saturated heterocycles. The SMILES string of the molecule is CC(C)c1nccc(=O)n1O. The van der Waals surface area contributed by atoms with Gasteiger partial charge in [0.05, 0.1) is 0 Å². The molecule has 0 unspecified atom stereocenters. The molecule has 4 nitrogen and oxygen atoms in total. The van der Waals surface area contributed by atoms with Crippen LogP contribution >= 0.6 is 0 Å². The van der Waals surface area contributed by atoms with Gasteiger partial charge in [-0.3, -0.25) is 4.79 Å². The van der Waals surface area contributed by atoms with E-state index < -0.39 is 5.56 Å². The molecule has 0 aliphatic heterocycles. The molecular formula is C7H10N2O2. The van der Waals surface area contributed by atoms with Crippen LogP contribution in [0.25, 0.3) is 0 Å². The van der Waals surface area contributed by atoms with E-state index in [1.165, 1.54) is 12.3 Å². The van der Waals surface area contributed by atoms with Gasteiger partial charge in [0.15, 0.2) is 5.82 Å². The summed E-state index contributed by atoms with van der Waals surface area (Å²) >= 11 is 0. The maximum Gasteiger partial charge on any atom is 0.286 e. The molecule has 0 fully saturated rings. The first kappa shape index (κ1) is 7.78. The first-order valence-corrected chi connectivity index (χ1v) is 3.40. The Hall–Kier alpha value is -1.32. The molecular weight excluding hydrogens is 144 g/mol. The molecule has 0 radical (unpaired) electrons. The lowest BCUT2D eigenvalue weighted by atomic mass is 10.2. The van der Waals surface area contributed by atoms with Gasteiger partial charge in [-0.05, 0) is 0 Å². The third-order valence-electron chi connectivity index (χ3n) is 1.37. The molecule has 1 aromatic heterocycles. The van der Waals surface area contributed by atoms with Gasteiger partial charge in [-0.25, -0.2) is 4.98 Å². The van der Waals surface area contributed by atoms with Gasteiger partial charge in [-0.15, -0.1) is 4.73 Å². The van der Waals surface area contributed by atoms with Crippen LogP contribution in [0.15, 0.2) is 17.1 Å². The minimum atomic E-state index is -0.441. The summed E-state index contributed by atoms with van der Waals surface area (Å²) in [4.78, 5) is 14.7. The van der Waals surface area contributed by atoms with Crippen molar-refractivity contribution in [1.82, 2.24) is 9.71 Å². The Morgan fingerprint density at radius 2 is 2.27 bits per heavy atom. The van der Waals surface area contributed by atoms with Crippen molar-refractivity contribution in [2.24, 2.45) is 0 Å². The highest BCUT2D eigenvalue weighted by atomic mass is 16.5. The largest absolute Gasteiger partial charge is 0.424 e. The van der Waals surface area contributed by atoms with Gasteiger partial charge in [0.1, 0.15) is 0 Å². The summed E-state index contributed by atoms with van der Waals surface area (Å²) in [5, 5.41) is 9.11. The minimum absolute atomic E-state index is 0.0499. The van der Waals surface area contributed by atoms with Crippen molar-refractivity contribution in [2.45, 2.75) is 19.8 Å². The van der Waals surface area contributed by atoms with E-state index in [0.717, 1.165) is 0 Å². The topological polar surface area (TPSA) is 55.1 Å². The smallest absolute Gasteiger partial charge is 0.286 e. The quantitative estimate of drug-likeness (QED) is 0.603. The second kappa shape index (κ2) is 2.74. The van der Waals surface area contributed by atoms with Crippen LogP contribution in [0, 0.1) is 0 Å². The Bertz CT molecular complexity index is 304.